The number of ether oxygens (including phenoxy) is 2. The summed E-state index contributed by atoms with van der Waals surface area (Å²) in [6.45, 7) is 5.83. The van der Waals surface area contributed by atoms with Gasteiger partial charge in [-0.05, 0) is 69.0 Å². The van der Waals surface area contributed by atoms with Crippen molar-refractivity contribution in [3.05, 3.63) is 64.9 Å². The zero-order chi connectivity index (χ0) is 26.8. The van der Waals surface area contributed by atoms with Crippen molar-refractivity contribution in [1.82, 2.24) is 10.3 Å². The average molecular weight is 524 g/mol. The van der Waals surface area contributed by atoms with E-state index in [2.05, 4.69) is 46.7 Å². The summed E-state index contributed by atoms with van der Waals surface area (Å²) in [5, 5.41) is 17.4. The summed E-state index contributed by atoms with van der Waals surface area (Å²) in [5.74, 6) is 0.368. The highest BCUT2D eigenvalue weighted by Gasteiger charge is 2.27. The number of aryl methyl sites for hydroxylation is 2. The topological polar surface area (TPSA) is 99.5 Å². The van der Waals surface area contributed by atoms with Crippen LogP contribution in [0.25, 0.3) is 10.9 Å². The lowest BCUT2D eigenvalue weighted by Crippen LogP contribution is -2.26. The molecule has 39 heavy (non-hydrogen) atoms. The third kappa shape index (κ3) is 5.08. The number of anilines is 3. The van der Waals surface area contributed by atoms with E-state index in [1.165, 1.54) is 11.1 Å². The van der Waals surface area contributed by atoms with Crippen LogP contribution < -0.4 is 20.3 Å². The Morgan fingerprint density at radius 2 is 2.10 bits per heavy atom. The van der Waals surface area contributed by atoms with Gasteiger partial charge in [0.25, 0.3) is 0 Å². The lowest BCUT2D eigenvalue weighted by Gasteiger charge is -2.34. The number of pyridine rings is 1. The molecule has 1 atom stereocenters. The number of nitriles is 1. The predicted octanol–water partition coefficient (Wildman–Crippen LogP) is 4.92. The van der Waals surface area contributed by atoms with Gasteiger partial charge in [0.15, 0.2) is 0 Å². The van der Waals surface area contributed by atoms with Crippen LogP contribution in [-0.4, -0.2) is 49.8 Å². The lowest BCUT2D eigenvalue weighted by atomic mass is 9.96. The first-order valence-corrected chi connectivity index (χ1v) is 13.8. The minimum Gasteiger partial charge on any atom is -0.486 e. The molecule has 8 heteroatoms. The van der Waals surface area contributed by atoms with Crippen molar-refractivity contribution in [1.29, 1.82) is 5.26 Å². The van der Waals surface area contributed by atoms with E-state index in [1.807, 2.05) is 12.1 Å². The van der Waals surface area contributed by atoms with Crippen LogP contribution in [0, 0.1) is 18.3 Å². The molecule has 2 fully saturated rings. The van der Waals surface area contributed by atoms with Gasteiger partial charge in [-0.15, -0.1) is 0 Å². The second kappa shape index (κ2) is 11.0. The summed E-state index contributed by atoms with van der Waals surface area (Å²) in [6, 6.07) is 12.6. The molecule has 2 aromatic carbocycles. The van der Waals surface area contributed by atoms with Crippen molar-refractivity contribution >= 4 is 33.9 Å². The first-order valence-electron chi connectivity index (χ1n) is 13.8. The monoisotopic (exact) mass is 523 g/mol. The third-order valence-electron chi connectivity index (χ3n) is 7.79. The minimum atomic E-state index is -0.196. The normalized spacial score (nSPS) is 18.9. The molecule has 0 bridgehead atoms. The van der Waals surface area contributed by atoms with Crippen LogP contribution in [-0.2, 0) is 16.0 Å². The Kier molecular flexibility index (Phi) is 7.18. The average Bonchev–Trinajstić information content (AvgIpc) is 3.47. The predicted molar refractivity (Wildman–Crippen MR) is 152 cm³/mol. The molecule has 4 heterocycles. The summed E-state index contributed by atoms with van der Waals surface area (Å²) in [4.78, 5) is 20.2. The lowest BCUT2D eigenvalue weighted by molar-refractivity contribution is -0.112. The SMILES string of the molecule is Cc1cccc2c1N(c1c(C#N)cnc3c(NC(=O)C=C4CCNCC4)c(OC4CCOC4)ccc13)CCC2. The van der Waals surface area contributed by atoms with E-state index in [9.17, 15) is 10.1 Å². The number of hydrogen-bond donors (Lipinski definition) is 2. The Morgan fingerprint density at radius 1 is 1.23 bits per heavy atom. The number of amides is 1. The van der Waals surface area contributed by atoms with Gasteiger partial charge in [0, 0.05) is 36.3 Å². The highest BCUT2D eigenvalue weighted by atomic mass is 16.5. The molecule has 8 nitrogen and oxygen atoms in total. The molecule has 3 aliphatic rings. The summed E-state index contributed by atoms with van der Waals surface area (Å²) < 4.78 is 11.9. The van der Waals surface area contributed by atoms with Crippen molar-refractivity contribution < 1.29 is 14.3 Å². The molecular formula is C31H33N5O3. The van der Waals surface area contributed by atoms with Gasteiger partial charge in [0.1, 0.15) is 23.6 Å². The van der Waals surface area contributed by atoms with Crippen molar-refractivity contribution in [3.8, 4) is 11.8 Å². The number of nitrogens with zero attached hydrogens (tertiary/aromatic N) is 3. The fourth-order valence-corrected chi connectivity index (χ4v) is 5.92. The van der Waals surface area contributed by atoms with Crippen LogP contribution in [0.4, 0.5) is 17.1 Å². The van der Waals surface area contributed by atoms with Crippen LogP contribution in [0.2, 0.25) is 0 Å². The molecule has 2 saturated heterocycles. The number of nitrogens with one attached hydrogen (secondary N) is 2. The minimum absolute atomic E-state index is 0.0876. The molecule has 6 rings (SSSR count). The van der Waals surface area contributed by atoms with Crippen LogP contribution >= 0.6 is 0 Å². The maximum absolute atomic E-state index is 13.3. The molecule has 1 unspecified atom stereocenters. The standard InChI is InChI=1S/C31H33N5O3/c1-20-4-2-5-22-6-3-14-36(30(20)22)31-23(17-32)18-34-28-25(31)7-8-26(39-24-11-15-38-19-24)29(28)35-27(37)16-21-9-12-33-13-10-21/h2,4-5,7-8,16,18,24,33H,3,6,9-15,19H2,1H3,(H,35,37). The van der Waals surface area contributed by atoms with Crippen LogP contribution in [0.1, 0.15) is 42.4 Å². The van der Waals surface area contributed by atoms with Gasteiger partial charge in [0.2, 0.25) is 5.91 Å². The second-order valence-corrected chi connectivity index (χ2v) is 10.5. The number of piperidine rings is 1. The molecule has 0 aliphatic carbocycles. The Bertz CT molecular complexity index is 1480. The zero-order valence-corrected chi connectivity index (χ0v) is 22.3. The van der Waals surface area contributed by atoms with E-state index in [1.54, 1.807) is 12.3 Å². The van der Waals surface area contributed by atoms with Gasteiger partial charge < -0.3 is 25.0 Å². The number of para-hydroxylation sites is 1. The molecule has 3 aliphatic heterocycles. The number of fused-ring (bicyclic) bond motifs is 2. The Hall–Kier alpha value is -3.93. The number of benzene rings is 2. The molecular weight excluding hydrogens is 490 g/mol. The number of rotatable bonds is 5. The number of aromatic nitrogens is 1. The van der Waals surface area contributed by atoms with Gasteiger partial charge in [-0.1, -0.05) is 23.8 Å². The molecule has 2 N–H and O–H groups in total. The van der Waals surface area contributed by atoms with Crippen molar-refractivity contribution in [2.75, 3.05) is 43.1 Å². The van der Waals surface area contributed by atoms with Gasteiger partial charge in [-0.25, -0.2) is 0 Å². The number of carbonyl (C=O) groups is 1. The summed E-state index contributed by atoms with van der Waals surface area (Å²) in [7, 11) is 0. The molecule has 1 aromatic heterocycles. The largest absolute Gasteiger partial charge is 0.486 e. The first-order chi connectivity index (χ1) is 19.1. The summed E-state index contributed by atoms with van der Waals surface area (Å²) >= 11 is 0. The van der Waals surface area contributed by atoms with Gasteiger partial charge in [-0.2, -0.15) is 5.26 Å². The van der Waals surface area contributed by atoms with E-state index in [0.29, 0.717) is 35.7 Å². The van der Waals surface area contributed by atoms with E-state index >= 15 is 0 Å². The van der Waals surface area contributed by atoms with Gasteiger partial charge in [-0.3, -0.25) is 9.78 Å². The van der Waals surface area contributed by atoms with Crippen molar-refractivity contribution in [3.63, 3.8) is 0 Å². The Labute approximate surface area is 228 Å². The summed E-state index contributed by atoms with van der Waals surface area (Å²) in [5.41, 5.74) is 7.19. The highest BCUT2D eigenvalue weighted by molar-refractivity contribution is 6.10. The van der Waals surface area contributed by atoms with Crippen molar-refractivity contribution in [2.24, 2.45) is 0 Å². The second-order valence-electron chi connectivity index (χ2n) is 10.5. The number of hydrogen-bond acceptors (Lipinski definition) is 7. The molecule has 0 radical (unpaired) electrons. The Balaban J connectivity index is 1.48. The number of carbonyl (C=O) groups excluding carboxylic acids is 1. The summed E-state index contributed by atoms with van der Waals surface area (Å²) in [6.07, 6.45) is 7.73. The van der Waals surface area contributed by atoms with Crippen LogP contribution in [0.3, 0.4) is 0 Å². The van der Waals surface area contributed by atoms with Gasteiger partial charge in [0.05, 0.1) is 30.0 Å². The van der Waals surface area contributed by atoms with E-state index in [4.69, 9.17) is 14.5 Å². The van der Waals surface area contributed by atoms with E-state index in [-0.39, 0.29) is 12.0 Å². The van der Waals surface area contributed by atoms with E-state index in [0.717, 1.165) is 74.1 Å². The smallest absolute Gasteiger partial charge is 0.248 e. The molecule has 1 amide bonds. The van der Waals surface area contributed by atoms with Crippen LogP contribution in [0.5, 0.6) is 5.75 Å². The maximum atomic E-state index is 13.3. The molecule has 3 aromatic rings. The van der Waals surface area contributed by atoms with Gasteiger partial charge >= 0.3 is 0 Å². The molecule has 200 valence electrons. The fraction of sp³-hybridized carbons (Fsp3) is 0.387. The Morgan fingerprint density at radius 3 is 2.90 bits per heavy atom. The maximum Gasteiger partial charge on any atom is 0.248 e. The van der Waals surface area contributed by atoms with Crippen LogP contribution in [0.15, 0.2) is 48.2 Å². The quantitative estimate of drug-likeness (QED) is 0.458. The first kappa shape index (κ1) is 25.4. The van der Waals surface area contributed by atoms with E-state index < -0.39 is 0 Å². The third-order valence-corrected chi connectivity index (χ3v) is 7.79. The molecule has 0 saturated carbocycles. The zero-order valence-electron chi connectivity index (χ0n) is 22.3. The fourth-order valence-electron chi connectivity index (χ4n) is 5.92. The molecule has 0 spiro atoms. The van der Waals surface area contributed by atoms with Crippen molar-refractivity contribution in [2.45, 2.75) is 45.1 Å². The highest BCUT2D eigenvalue weighted by Crippen LogP contribution is 2.44.